The van der Waals surface area contributed by atoms with Crippen molar-refractivity contribution in [3.63, 3.8) is 0 Å². The summed E-state index contributed by atoms with van der Waals surface area (Å²) >= 11 is 0. The molecule has 0 aromatic carbocycles. The molecular weight excluding hydrogens is 262 g/mol. The molecule has 2 bridgehead atoms. The number of carboxylic acid groups (broad SMARTS) is 1. The van der Waals surface area contributed by atoms with E-state index in [1.165, 1.54) is 0 Å². The quantitative estimate of drug-likeness (QED) is 0.820. The van der Waals surface area contributed by atoms with Crippen LogP contribution in [0.25, 0.3) is 0 Å². The zero-order chi connectivity index (χ0) is 14.8. The van der Waals surface area contributed by atoms with Crippen molar-refractivity contribution >= 4 is 5.97 Å². The summed E-state index contributed by atoms with van der Waals surface area (Å²) in [6, 6.07) is 0. The summed E-state index contributed by atoms with van der Waals surface area (Å²) in [6.45, 7) is 4.45. The van der Waals surface area contributed by atoms with E-state index in [1.54, 1.807) is 0 Å². The minimum absolute atomic E-state index is 0.0936. The summed E-state index contributed by atoms with van der Waals surface area (Å²) in [4.78, 5) is 11.9. The van der Waals surface area contributed by atoms with Gasteiger partial charge in [0.15, 0.2) is 0 Å². The third-order valence-corrected chi connectivity index (χ3v) is 6.87. The van der Waals surface area contributed by atoms with Gasteiger partial charge in [0.1, 0.15) is 0 Å². The van der Waals surface area contributed by atoms with E-state index in [1.807, 2.05) is 0 Å². The lowest BCUT2D eigenvalue weighted by atomic mass is 9.41. The summed E-state index contributed by atoms with van der Waals surface area (Å²) in [5.74, 6) is -2.29. The van der Waals surface area contributed by atoms with E-state index in [4.69, 9.17) is 0 Å². The first kappa shape index (κ1) is 14.3. The molecule has 2 nitrogen and oxygen atoms in total. The molecule has 3 unspecified atom stereocenters. The Morgan fingerprint density at radius 1 is 1.05 bits per heavy atom. The van der Waals surface area contributed by atoms with Gasteiger partial charge >= 0.3 is 5.97 Å². The van der Waals surface area contributed by atoms with Gasteiger partial charge in [0.25, 0.3) is 0 Å². The molecule has 0 heterocycles. The highest BCUT2D eigenvalue weighted by Gasteiger charge is 2.62. The molecule has 114 valence electrons. The molecule has 4 rings (SSSR count). The molecule has 4 fully saturated rings. The SMILES string of the molecule is CC1(C)C2CCC(C3(C(=O)O)CCC(F)(F)CC3)C1C2. The number of fused-ring (bicyclic) bond motifs is 2. The minimum Gasteiger partial charge on any atom is -0.481 e. The van der Waals surface area contributed by atoms with Crippen LogP contribution >= 0.6 is 0 Å². The van der Waals surface area contributed by atoms with Crippen LogP contribution in [-0.4, -0.2) is 17.0 Å². The number of hydrogen-bond donors (Lipinski definition) is 1. The van der Waals surface area contributed by atoms with Crippen LogP contribution < -0.4 is 0 Å². The summed E-state index contributed by atoms with van der Waals surface area (Å²) in [5, 5.41) is 9.77. The molecule has 4 saturated carbocycles. The van der Waals surface area contributed by atoms with Crippen molar-refractivity contribution in [2.75, 3.05) is 0 Å². The maximum Gasteiger partial charge on any atom is 0.309 e. The standard InChI is InChI=1S/C16H24F2O2/c1-14(2)10-3-4-11(12(14)9-10)15(13(19)20)5-7-16(17,18)8-6-15/h10-12H,3-9H2,1-2H3,(H,19,20). The van der Waals surface area contributed by atoms with E-state index in [0.29, 0.717) is 11.8 Å². The van der Waals surface area contributed by atoms with Crippen molar-refractivity contribution in [3.05, 3.63) is 0 Å². The highest BCUT2D eigenvalue weighted by atomic mass is 19.3. The number of rotatable bonds is 2. The Balaban J connectivity index is 1.87. The van der Waals surface area contributed by atoms with E-state index in [-0.39, 0.29) is 37.0 Å². The first-order valence-electron chi connectivity index (χ1n) is 7.80. The third-order valence-electron chi connectivity index (χ3n) is 6.87. The Hall–Kier alpha value is -0.670. The first-order chi connectivity index (χ1) is 9.19. The van der Waals surface area contributed by atoms with Crippen LogP contribution in [0, 0.1) is 28.6 Å². The fraction of sp³-hybridized carbons (Fsp3) is 0.938. The molecule has 1 N–H and O–H groups in total. The van der Waals surface area contributed by atoms with Gasteiger partial charge in [0.05, 0.1) is 5.41 Å². The minimum atomic E-state index is -2.66. The average Bonchev–Trinajstić information content (AvgIpc) is 2.38. The van der Waals surface area contributed by atoms with Gasteiger partial charge in [0.2, 0.25) is 5.92 Å². The number of alkyl halides is 2. The van der Waals surface area contributed by atoms with Crippen LogP contribution in [0.3, 0.4) is 0 Å². The van der Waals surface area contributed by atoms with E-state index in [9.17, 15) is 18.7 Å². The van der Waals surface area contributed by atoms with Crippen molar-refractivity contribution in [2.45, 2.75) is 64.7 Å². The highest BCUT2D eigenvalue weighted by molar-refractivity contribution is 5.75. The lowest BCUT2D eigenvalue weighted by molar-refractivity contribution is -0.191. The van der Waals surface area contributed by atoms with Gasteiger partial charge in [-0.3, -0.25) is 4.79 Å². The van der Waals surface area contributed by atoms with Crippen molar-refractivity contribution in [1.29, 1.82) is 0 Å². The van der Waals surface area contributed by atoms with Crippen LogP contribution in [0.1, 0.15) is 58.8 Å². The lowest BCUT2D eigenvalue weighted by Gasteiger charge is -2.63. The van der Waals surface area contributed by atoms with Crippen molar-refractivity contribution in [1.82, 2.24) is 0 Å². The Morgan fingerprint density at radius 3 is 2.10 bits per heavy atom. The van der Waals surface area contributed by atoms with Crippen LogP contribution in [0.4, 0.5) is 8.78 Å². The molecule has 0 aliphatic heterocycles. The maximum absolute atomic E-state index is 13.4. The highest BCUT2D eigenvalue weighted by Crippen LogP contribution is 2.67. The second-order valence-electron chi connectivity index (χ2n) is 7.86. The normalized spacial score (nSPS) is 40.7. The Bertz CT molecular complexity index is 418. The van der Waals surface area contributed by atoms with E-state index in [0.717, 1.165) is 19.3 Å². The van der Waals surface area contributed by atoms with Crippen molar-refractivity contribution < 1.29 is 18.7 Å². The largest absolute Gasteiger partial charge is 0.481 e. The fourth-order valence-electron chi connectivity index (χ4n) is 5.28. The summed E-state index contributed by atoms with van der Waals surface area (Å²) in [7, 11) is 0. The van der Waals surface area contributed by atoms with Gasteiger partial charge in [-0.25, -0.2) is 8.78 Å². The molecule has 0 saturated heterocycles. The number of carbonyl (C=O) groups is 1. The molecule has 4 aliphatic carbocycles. The zero-order valence-corrected chi connectivity index (χ0v) is 12.3. The van der Waals surface area contributed by atoms with Gasteiger partial charge in [-0.1, -0.05) is 13.8 Å². The third kappa shape index (κ3) is 1.82. The predicted molar refractivity (Wildman–Crippen MR) is 71.6 cm³/mol. The second kappa shape index (κ2) is 4.17. The molecule has 0 aromatic heterocycles. The average molecular weight is 286 g/mol. The summed E-state index contributed by atoms with van der Waals surface area (Å²) < 4.78 is 26.9. The smallest absolute Gasteiger partial charge is 0.309 e. The van der Waals surface area contributed by atoms with Gasteiger partial charge < -0.3 is 5.11 Å². The molecule has 0 aromatic rings. The topological polar surface area (TPSA) is 37.3 Å². The molecule has 0 spiro atoms. The summed E-state index contributed by atoms with van der Waals surface area (Å²) in [5.41, 5.74) is -0.694. The predicted octanol–water partition coefficient (Wildman–Crippen LogP) is 4.34. The maximum atomic E-state index is 13.4. The van der Waals surface area contributed by atoms with Gasteiger partial charge in [-0.05, 0) is 55.3 Å². The molecule has 0 radical (unpaired) electrons. The Morgan fingerprint density at radius 2 is 1.65 bits per heavy atom. The summed E-state index contributed by atoms with van der Waals surface area (Å²) in [6.07, 6.45) is 2.87. The van der Waals surface area contributed by atoms with Crippen LogP contribution in [0.2, 0.25) is 0 Å². The molecular formula is C16H24F2O2. The fourth-order valence-corrected chi connectivity index (χ4v) is 5.28. The van der Waals surface area contributed by atoms with E-state index < -0.39 is 17.3 Å². The Labute approximate surface area is 118 Å². The molecule has 4 heteroatoms. The monoisotopic (exact) mass is 286 g/mol. The van der Waals surface area contributed by atoms with Crippen LogP contribution in [0.15, 0.2) is 0 Å². The molecule has 3 atom stereocenters. The number of aliphatic carboxylic acids is 1. The van der Waals surface area contributed by atoms with Crippen molar-refractivity contribution in [3.8, 4) is 0 Å². The van der Waals surface area contributed by atoms with Gasteiger partial charge in [0, 0.05) is 12.8 Å². The Kier molecular flexibility index (Phi) is 2.98. The van der Waals surface area contributed by atoms with E-state index in [2.05, 4.69) is 13.8 Å². The van der Waals surface area contributed by atoms with E-state index >= 15 is 0 Å². The van der Waals surface area contributed by atoms with Crippen LogP contribution in [-0.2, 0) is 4.79 Å². The number of halogens is 2. The first-order valence-corrected chi connectivity index (χ1v) is 7.80. The zero-order valence-electron chi connectivity index (χ0n) is 12.3. The lowest BCUT2D eigenvalue weighted by Crippen LogP contribution is -2.59. The van der Waals surface area contributed by atoms with Gasteiger partial charge in [-0.2, -0.15) is 0 Å². The number of hydrogen-bond acceptors (Lipinski definition) is 1. The number of carboxylic acids is 1. The second-order valence-corrected chi connectivity index (χ2v) is 7.86. The molecule has 20 heavy (non-hydrogen) atoms. The van der Waals surface area contributed by atoms with Gasteiger partial charge in [-0.15, -0.1) is 0 Å². The van der Waals surface area contributed by atoms with Crippen LogP contribution in [0.5, 0.6) is 0 Å². The molecule has 0 amide bonds. The van der Waals surface area contributed by atoms with Crippen molar-refractivity contribution in [2.24, 2.45) is 28.6 Å². The molecule has 4 aliphatic rings.